The first-order chi connectivity index (χ1) is 6.24. The molecular weight excluding hydrogens is 168 g/mol. The van der Waals surface area contributed by atoms with E-state index < -0.39 is 0 Å². The maximum absolute atomic E-state index is 5.72. The predicted molar refractivity (Wildman–Crippen MR) is 51.9 cm³/mol. The summed E-state index contributed by atoms with van der Waals surface area (Å²) in [5.74, 6) is 0. The van der Waals surface area contributed by atoms with Gasteiger partial charge in [-0.3, -0.25) is 0 Å². The van der Waals surface area contributed by atoms with Crippen molar-refractivity contribution in [3.63, 3.8) is 0 Å². The molecule has 0 aliphatic carbocycles. The molecule has 0 heterocycles. The minimum atomic E-state index is 0.476. The molecule has 1 aromatic rings. The summed E-state index contributed by atoms with van der Waals surface area (Å²) in [5, 5.41) is 0. The fourth-order valence-corrected chi connectivity index (χ4v) is 1.08. The standard InChI is InChI=1S/C9H14N2O2/c1-12-13-5-4-7-6-8(10)2-3-9(7)11/h2-3,6H,4-5,10-11H2,1H3. The molecule has 0 aromatic heterocycles. The van der Waals surface area contributed by atoms with E-state index in [1.807, 2.05) is 6.07 Å². The van der Waals surface area contributed by atoms with Gasteiger partial charge in [-0.15, -0.1) is 0 Å². The number of nitrogens with two attached hydrogens (primary N) is 2. The largest absolute Gasteiger partial charge is 0.399 e. The van der Waals surface area contributed by atoms with Crippen molar-refractivity contribution in [3.05, 3.63) is 23.8 Å². The van der Waals surface area contributed by atoms with E-state index in [1.54, 1.807) is 12.1 Å². The van der Waals surface area contributed by atoms with Gasteiger partial charge in [-0.2, -0.15) is 0 Å². The molecule has 0 unspecified atom stereocenters. The molecule has 0 radical (unpaired) electrons. The van der Waals surface area contributed by atoms with E-state index in [0.29, 0.717) is 18.7 Å². The van der Waals surface area contributed by atoms with Crippen LogP contribution in [0.3, 0.4) is 0 Å². The summed E-state index contributed by atoms with van der Waals surface area (Å²) in [5.41, 5.74) is 13.7. The van der Waals surface area contributed by atoms with Crippen LogP contribution in [0.1, 0.15) is 5.56 Å². The van der Waals surface area contributed by atoms with Gasteiger partial charge in [0.15, 0.2) is 0 Å². The van der Waals surface area contributed by atoms with Gasteiger partial charge >= 0.3 is 0 Å². The van der Waals surface area contributed by atoms with E-state index in [9.17, 15) is 0 Å². The third kappa shape index (κ3) is 2.93. The molecule has 0 saturated heterocycles. The van der Waals surface area contributed by atoms with Gasteiger partial charge < -0.3 is 11.5 Å². The van der Waals surface area contributed by atoms with E-state index in [2.05, 4.69) is 4.89 Å². The van der Waals surface area contributed by atoms with Crippen molar-refractivity contribution in [1.82, 2.24) is 0 Å². The van der Waals surface area contributed by atoms with Crippen LogP contribution in [-0.4, -0.2) is 13.7 Å². The highest BCUT2D eigenvalue weighted by molar-refractivity contribution is 5.55. The molecule has 0 bridgehead atoms. The number of nitrogen functional groups attached to an aromatic ring is 2. The highest BCUT2D eigenvalue weighted by Gasteiger charge is 1.99. The van der Waals surface area contributed by atoms with Gasteiger partial charge in [0.2, 0.25) is 0 Å². The van der Waals surface area contributed by atoms with E-state index in [1.165, 1.54) is 7.11 Å². The average Bonchev–Trinajstić information content (AvgIpc) is 2.11. The maximum Gasteiger partial charge on any atom is 0.0863 e. The van der Waals surface area contributed by atoms with Gasteiger partial charge in [-0.1, -0.05) is 0 Å². The molecule has 0 saturated carbocycles. The van der Waals surface area contributed by atoms with Crippen molar-refractivity contribution >= 4 is 11.4 Å². The molecular formula is C9H14N2O2. The minimum absolute atomic E-state index is 0.476. The fraction of sp³-hybridized carbons (Fsp3) is 0.333. The summed E-state index contributed by atoms with van der Waals surface area (Å²) < 4.78 is 0. The summed E-state index contributed by atoms with van der Waals surface area (Å²) in [4.78, 5) is 9.20. The predicted octanol–water partition coefficient (Wildman–Crippen LogP) is 0.972. The van der Waals surface area contributed by atoms with E-state index >= 15 is 0 Å². The Morgan fingerprint density at radius 2 is 2.08 bits per heavy atom. The molecule has 4 nitrogen and oxygen atoms in total. The molecule has 1 rings (SSSR count). The number of hydrogen-bond acceptors (Lipinski definition) is 4. The molecule has 0 fully saturated rings. The Kier molecular flexibility index (Phi) is 3.54. The smallest absolute Gasteiger partial charge is 0.0863 e. The molecule has 0 spiro atoms. The molecule has 4 N–H and O–H groups in total. The summed E-state index contributed by atoms with van der Waals surface area (Å²) in [6, 6.07) is 5.40. The average molecular weight is 182 g/mol. The Bertz CT molecular complexity index is 276. The molecule has 0 amide bonds. The zero-order valence-corrected chi connectivity index (χ0v) is 7.62. The van der Waals surface area contributed by atoms with E-state index in [-0.39, 0.29) is 0 Å². The SMILES string of the molecule is COOCCc1cc(N)ccc1N. The summed E-state index contributed by atoms with van der Waals surface area (Å²) >= 11 is 0. The number of anilines is 2. The van der Waals surface area contributed by atoms with Gasteiger partial charge in [-0.05, 0) is 23.8 Å². The van der Waals surface area contributed by atoms with Gasteiger partial charge in [0, 0.05) is 17.8 Å². The van der Waals surface area contributed by atoms with Crippen LogP contribution >= 0.6 is 0 Å². The van der Waals surface area contributed by atoms with Crippen molar-refractivity contribution in [2.45, 2.75) is 6.42 Å². The first-order valence-corrected chi connectivity index (χ1v) is 4.03. The van der Waals surface area contributed by atoms with Crippen LogP contribution in [0, 0.1) is 0 Å². The molecule has 0 aliphatic rings. The third-order valence-corrected chi connectivity index (χ3v) is 1.74. The number of rotatable bonds is 4. The zero-order valence-electron chi connectivity index (χ0n) is 7.62. The molecule has 72 valence electrons. The van der Waals surface area contributed by atoms with Crippen molar-refractivity contribution in [2.24, 2.45) is 0 Å². The van der Waals surface area contributed by atoms with Crippen LogP contribution in [-0.2, 0) is 16.2 Å². The highest BCUT2D eigenvalue weighted by atomic mass is 17.2. The van der Waals surface area contributed by atoms with Gasteiger partial charge in [0.25, 0.3) is 0 Å². The van der Waals surface area contributed by atoms with Crippen LogP contribution < -0.4 is 11.5 Å². The second-order valence-corrected chi connectivity index (χ2v) is 2.70. The minimum Gasteiger partial charge on any atom is -0.399 e. The maximum atomic E-state index is 5.72. The summed E-state index contributed by atoms with van der Waals surface area (Å²) in [6.07, 6.45) is 0.699. The Hall–Kier alpha value is -1.26. The molecule has 1 aromatic carbocycles. The van der Waals surface area contributed by atoms with Crippen molar-refractivity contribution in [1.29, 1.82) is 0 Å². The Labute approximate surface area is 77.4 Å². The van der Waals surface area contributed by atoms with Crippen LogP contribution in [0.15, 0.2) is 18.2 Å². The number of benzene rings is 1. The summed E-state index contributed by atoms with van der Waals surface area (Å²) in [6.45, 7) is 0.476. The molecule has 0 atom stereocenters. The van der Waals surface area contributed by atoms with E-state index in [0.717, 1.165) is 11.3 Å². The second kappa shape index (κ2) is 4.69. The number of hydrogen-bond donors (Lipinski definition) is 2. The van der Waals surface area contributed by atoms with Crippen molar-refractivity contribution in [3.8, 4) is 0 Å². The normalized spacial score (nSPS) is 10.2. The second-order valence-electron chi connectivity index (χ2n) is 2.70. The Morgan fingerprint density at radius 3 is 2.77 bits per heavy atom. The molecule has 13 heavy (non-hydrogen) atoms. The van der Waals surface area contributed by atoms with Gasteiger partial charge in [0.05, 0.1) is 13.7 Å². The quantitative estimate of drug-likeness (QED) is 0.315. The first kappa shape index (κ1) is 9.83. The lowest BCUT2D eigenvalue weighted by atomic mass is 10.1. The van der Waals surface area contributed by atoms with Gasteiger partial charge in [-0.25, -0.2) is 9.78 Å². The topological polar surface area (TPSA) is 70.5 Å². The monoisotopic (exact) mass is 182 g/mol. The molecule has 0 aliphatic heterocycles. The summed E-state index contributed by atoms with van der Waals surface area (Å²) in [7, 11) is 1.47. The van der Waals surface area contributed by atoms with Crippen LogP contribution in [0.2, 0.25) is 0 Å². The third-order valence-electron chi connectivity index (χ3n) is 1.74. The van der Waals surface area contributed by atoms with Crippen molar-refractivity contribution in [2.75, 3.05) is 25.2 Å². The first-order valence-electron chi connectivity index (χ1n) is 4.03. The van der Waals surface area contributed by atoms with Gasteiger partial charge in [0.1, 0.15) is 0 Å². The lowest BCUT2D eigenvalue weighted by Gasteiger charge is -2.05. The molecule has 4 heteroatoms. The highest BCUT2D eigenvalue weighted by Crippen LogP contribution is 2.15. The van der Waals surface area contributed by atoms with E-state index in [4.69, 9.17) is 16.4 Å². The lowest BCUT2D eigenvalue weighted by molar-refractivity contribution is -0.271. The van der Waals surface area contributed by atoms with Crippen LogP contribution in [0.25, 0.3) is 0 Å². The van der Waals surface area contributed by atoms with Crippen LogP contribution in [0.4, 0.5) is 11.4 Å². The Morgan fingerprint density at radius 1 is 1.31 bits per heavy atom. The fourth-order valence-electron chi connectivity index (χ4n) is 1.08. The van der Waals surface area contributed by atoms with Crippen molar-refractivity contribution < 1.29 is 9.78 Å². The zero-order chi connectivity index (χ0) is 9.68. The lowest BCUT2D eigenvalue weighted by Crippen LogP contribution is -2.02. The Balaban J connectivity index is 2.59. The van der Waals surface area contributed by atoms with Crippen LogP contribution in [0.5, 0.6) is 0 Å².